The molecular weight excluding hydrogens is 261 g/mol. The molecule has 100 valence electrons. The number of hydrogen-bond acceptors (Lipinski definition) is 1. The second kappa shape index (κ2) is 5.72. The van der Waals surface area contributed by atoms with E-state index in [9.17, 15) is 4.39 Å². The van der Waals surface area contributed by atoms with E-state index >= 15 is 0 Å². The number of hydrogen-bond donors (Lipinski definition) is 1. The van der Waals surface area contributed by atoms with Gasteiger partial charge in [0.2, 0.25) is 0 Å². The van der Waals surface area contributed by atoms with E-state index in [1.165, 1.54) is 11.6 Å². The largest absolute Gasteiger partial charge is 0.324 e. The minimum Gasteiger partial charge on any atom is -0.324 e. The third-order valence-electron chi connectivity index (χ3n) is 3.31. The molecule has 0 saturated heterocycles. The maximum absolute atomic E-state index is 13.8. The van der Waals surface area contributed by atoms with Gasteiger partial charge in [-0.3, -0.25) is 0 Å². The third kappa shape index (κ3) is 3.14. The zero-order chi connectivity index (χ0) is 14.0. The van der Waals surface area contributed by atoms with Gasteiger partial charge < -0.3 is 5.73 Å². The minimum atomic E-state index is -0.436. The third-order valence-corrected chi connectivity index (χ3v) is 3.64. The highest BCUT2D eigenvalue weighted by atomic mass is 35.5. The Morgan fingerprint density at radius 2 is 1.95 bits per heavy atom. The molecule has 0 amide bonds. The molecule has 2 rings (SSSR count). The predicted molar refractivity (Wildman–Crippen MR) is 78.0 cm³/mol. The summed E-state index contributed by atoms with van der Waals surface area (Å²) in [6.45, 7) is 4.06. The van der Waals surface area contributed by atoms with E-state index in [0.29, 0.717) is 17.0 Å². The lowest BCUT2D eigenvalue weighted by atomic mass is 9.95. The highest BCUT2D eigenvalue weighted by Gasteiger charge is 2.16. The number of halogens is 2. The second-order valence-corrected chi connectivity index (χ2v) is 5.28. The predicted octanol–water partition coefficient (Wildman–Crippen LogP) is 4.34. The maximum atomic E-state index is 13.8. The monoisotopic (exact) mass is 277 g/mol. The molecule has 0 bridgehead atoms. The molecule has 3 heteroatoms. The topological polar surface area (TPSA) is 26.0 Å². The van der Waals surface area contributed by atoms with Crippen molar-refractivity contribution < 1.29 is 4.39 Å². The molecule has 0 aliphatic rings. The average Bonchev–Trinajstić information content (AvgIpc) is 2.33. The van der Waals surface area contributed by atoms with E-state index in [2.05, 4.69) is 18.2 Å². The quantitative estimate of drug-likeness (QED) is 0.887. The normalized spacial score (nSPS) is 12.5. The first-order valence-corrected chi connectivity index (χ1v) is 6.62. The van der Waals surface area contributed by atoms with Crippen LogP contribution in [0.1, 0.15) is 28.3 Å². The maximum Gasteiger partial charge on any atom is 0.129 e. The van der Waals surface area contributed by atoms with Gasteiger partial charge in [0.1, 0.15) is 5.82 Å². The lowest BCUT2D eigenvalue weighted by molar-refractivity contribution is 0.580. The molecule has 0 aromatic heterocycles. The fourth-order valence-electron chi connectivity index (χ4n) is 2.22. The average molecular weight is 278 g/mol. The van der Waals surface area contributed by atoms with Gasteiger partial charge in [0, 0.05) is 16.6 Å². The smallest absolute Gasteiger partial charge is 0.129 e. The summed E-state index contributed by atoms with van der Waals surface area (Å²) in [4.78, 5) is 0. The van der Waals surface area contributed by atoms with Crippen LogP contribution in [0.5, 0.6) is 0 Å². The van der Waals surface area contributed by atoms with Gasteiger partial charge in [-0.25, -0.2) is 4.39 Å². The second-order valence-electron chi connectivity index (χ2n) is 4.88. The van der Waals surface area contributed by atoms with E-state index in [-0.39, 0.29) is 5.82 Å². The van der Waals surface area contributed by atoms with Gasteiger partial charge in [-0.05, 0) is 43.5 Å². The molecular formula is C16H17ClFN. The summed E-state index contributed by atoms with van der Waals surface area (Å²) in [7, 11) is 0. The molecule has 1 unspecified atom stereocenters. The van der Waals surface area contributed by atoms with Crippen LogP contribution >= 0.6 is 11.6 Å². The van der Waals surface area contributed by atoms with Crippen molar-refractivity contribution in [3.05, 3.63) is 69.5 Å². The van der Waals surface area contributed by atoms with Crippen LogP contribution in [0, 0.1) is 19.7 Å². The van der Waals surface area contributed by atoms with Gasteiger partial charge in [-0.15, -0.1) is 0 Å². The number of benzene rings is 2. The van der Waals surface area contributed by atoms with E-state index in [0.717, 1.165) is 11.1 Å². The molecule has 2 N–H and O–H groups in total. The molecule has 0 fully saturated rings. The van der Waals surface area contributed by atoms with Crippen LogP contribution in [-0.2, 0) is 6.42 Å². The molecule has 0 aliphatic heterocycles. The fraction of sp³-hybridized carbons (Fsp3) is 0.250. The Labute approximate surface area is 118 Å². The zero-order valence-electron chi connectivity index (χ0n) is 11.1. The molecule has 2 aromatic rings. The van der Waals surface area contributed by atoms with Gasteiger partial charge in [0.05, 0.1) is 0 Å². The van der Waals surface area contributed by atoms with Crippen LogP contribution in [0.2, 0.25) is 5.02 Å². The summed E-state index contributed by atoms with van der Waals surface area (Å²) in [6.07, 6.45) is 0.578. The minimum absolute atomic E-state index is 0.342. The van der Waals surface area contributed by atoms with Crippen LogP contribution in [0.25, 0.3) is 0 Å². The standard InChI is InChI=1S/C16H17ClFN/c1-10-6-7-11(2)12(8-10)9-15(19)16-13(17)4-3-5-14(16)18/h3-8,15H,9,19H2,1-2H3. The first-order valence-electron chi connectivity index (χ1n) is 6.24. The lowest BCUT2D eigenvalue weighted by Crippen LogP contribution is -2.16. The zero-order valence-corrected chi connectivity index (χ0v) is 11.8. The Kier molecular flexibility index (Phi) is 4.23. The van der Waals surface area contributed by atoms with Crippen LogP contribution in [0.3, 0.4) is 0 Å². The molecule has 1 nitrogen and oxygen atoms in total. The highest BCUT2D eigenvalue weighted by molar-refractivity contribution is 6.31. The Morgan fingerprint density at radius 1 is 1.21 bits per heavy atom. The van der Waals surface area contributed by atoms with Crippen molar-refractivity contribution >= 4 is 11.6 Å². The summed E-state index contributed by atoms with van der Waals surface area (Å²) < 4.78 is 13.8. The summed E-state index contributed by atoms with van der Waals surface area (Å²) in [5.74, 6) is -0.342. The van der Waals surface area contributed by atoms with Gasteiger partial charge in [-0.1, -0.05) is 41.4 Å². The van der Waals surface area contributed by atoms with Crippen molar-refractivity contribution in [1.82, 2.24) is 0 Å². The van der Waals surface area contributed by atoms with Crippen molar-refractivity contribution in [1.29, 1.82) is 0 Å². The fourth-order valence-corrected chi connectivity index (χ4v) is 2.53. The van der Waals surface area contributed by atoms with E-state index in [4.69, 9.17) is 17.3 Å². The van der Waals surface area contributed by atoms with Crippen LogP contribution in [0.15, 0.2) is 36.4 Å². The first-order chi connectivity index (χ1) is 8.99. The SMILES string of the molecule is Cc1ccc(C)c(CC(N)c2c(F)cccc2Cl)c1. The van der Waals surface area contributed by atoms with Gasteiger partial charge in [-0.2, -0.15) is 0 Å². The van der Waals surface area contributed by atoms with Crippen molar-refractivity contribution in [2.45, 2.75) is 26.3 Å². The number of nitrogens with two attached hydrogens (primary N) is 1. The van der Waals surface area contributed by atoms with Gasteiger partial charge in [0.15, 0.2) is 0 Å². The molecule has 1 atom stereocenters. The molecule has 0 aliphatic carbocycles. The van der Waals surface area contributed by atoms with Crippen molar-refractivity contribution in [3.8, 4) is 0 Å². The van der Waals surface area contributed by atoms with E-state index < -0.39 is 6.04 Å². The van der Waals surface area contributed by atoms with E-state index in [1.54, 1.807) is 12.1 Å². The molecule has 2 aromatic carbocycles. The highest BCUT2D eigenvalue weighted by Crippen LogP contribution is 2.27. The number of aryl methyl sites for hydroxylation is 2. The van der Waals surface area contributed by atoms with Crippen LogP contribution in [0.4, 0.5) is 4.39 Å². The summed E-state index contributed by atoms with van der Waals surface area (Å²) in [6, 6.07) is 10.4. The lowest BCUT2D eigenvalue weighted by Gasteiger charge is -2.16. The Morgan fingerprint density at radius 3 is 2.63 bits per heavy atom. The summed E-state index contributed by atoms with van der Waals surface area (Å²) in [5.41, 5.74) is 9.98. The summed E-state index contributed by atoms with van der Waals surface area (Å²) >= 11 is 6.04. The molecule has 0 heterocycles. The molecule has 0 spiro atoms. The first kappa shape index (κ1) is 14.0. The molecule has 0 saturated carbocycles. The summed E-state index contributed by atoms with van der Waals surface area (Å²) in [5, 5.41) is 0.387. The van der Waals surface area contributed by atoms with Gasteiger partial charge >= 0.3 is 0 Å². The number of rotatable bonds is 3. The molecule has 19 heavy (non-hydrogen) atoms. The van der Waals surface area contributed by atoms with Crippen molar-refractivity contribution in [3.63, 3.8) is 0 Å². The van der Waals surface area contributed by atoms with Crippen LogP contribution in [-0.4, -0.2) is 0 Å². The van der Waals surface area contributed by atoms with Crippen molar-refractivity contribution in [2.24, 2.45) is 5.73 Å². The van der Waals surface area contributed by atoms with Gasteiger partial charge in [0.25, 0.3) is 0 Å². The Bertz CT molecular complexity index is 575. The Hall–Kier alpha value is -1.38. The van der Waals surface area contributed by atoms with Crippen LogP contribution < -0.4 is 5.73 Å². The Balaban J connectivity index is 2.31. The molecule has 0 radical (unpaired) electrons. The van der Waals surface area contributed by atoms with E-state index in [1.807, 2.05) is 13.8 Å². The van der Waals surface area contributed by atoms with Crippen molar-refractivity contribution in [2.75, 3.05) is 0 Å².